The normalized spacial score (nSPS) is 12.7. The molecule has 1 rings (SSSR count). The summed E-state index contributed by atoms with van der Waals surface area (Å²) in [5.74, 6) is 1.47. The second kappa shape index (κ2) is 6.53. The number of hydrogen-bond donors (Lipinski definition) is 1. The van der Waals surface area contributed by atoms with Gasteiger partial charge in [0.1, 0.15) is 5.75 Å². The highest BCUT2D eigenvalue weighted by Gasteiger charge is 2.04. The molecule has 0 saturated carbocycles. The van der Waals surface area contributed by atoms with E-state index in [1.165, 1.54) is 0 Å². The molecule has 90 valence electrons. The highest BCUT2D eigenvalue weighted by atomic mass is 32.2. The summed E-state index contributed by atoms with van der Waals surface area (Å²) in [5.41, 5.74) is 6.32. The number of rotatable bonds is 6. The largest absolute Gasteiger partial charge is 0.493 e. The van der Waals surface area contributed by atoms with Crippen LogP contribution in [0.1, 0.15) is 20.3 Å². The van der Waals surface area contributed by atoms with Gasteiger partial charge in [0.2, 0.25) is 0 Å². The van der Waals surface area contributed by atoms with E-state index >= 15 is 0 Å². The molecule has 4 heteroatoms. The van der Waals surface area contributed by atoms with Crippen molar-refractivity contribution in [2.75, 3.05) is 18.1 Å². The summed E-state index contributed by atoms with van der Waals surface area (Å²) in [6, 6.07) is 7.34. The molecule has 3 nitrogen and oxygen atoms in total. The van der Waals surface area contributed by atoms with Gasteiger partial charge < -0.3 is 10.5 Å². The molecule has 0 radical (unpaired) electrons. The standard InChI is InChI=1S/C12H19NO2S/c1-10(2)16(14)8-4-7-15-12-6-3-5-11(13)9-12/h3,5-6,9-10H,4,7-8,13H2,1-2H3. The molecular weight excluding hydrogens is 222 g/mol. The molecule has 1 atom stereocenters. The first-order chi connectivity index (χ1) is 7.59. The lowest BCUT2D eigenvalue weighted by Gasteiger charge is -2.08. The maximum absolute atomic E-state index is 11.4. The number of anilines is 1. The van der Waals surface area contributed by atoms with Gasteiger partial charge in [-0.15, -0.1) is 0 Å². The average Bonchev–Trinajstić information content (AvgIpc) is 2.24. The minimum Gasteiger partial charge on any atom is -0.493 e. The van der Waals surface area contributed by atoms with Gasteiger partial charge in [0.25, 0.3) is 0 Å². The number of hydrogen-bond acceptors (Lipinski definition) is 3. The number of ether oxygens (including phenoxy) is 1. The number of nitrogen functional groups attached to an aromatic ring is 1. The topological polar surface area (TPSA) is 52.3 Å². The Morgan fingerprint density at radius 2 is 2.19 bits per heavy atom. The third-order valence-electron chi connectivity index (χ3n) is 2.14. The molecule has 1 aromatic rings. The Labute approximate surface area is 99.4 Å². The van der Waals surface area contributed by atoms with Crippen LogP contribution in [-0.4, -0.2) is 21.8 Å². The van der Waals surface area contributed by atoms with E-state index in [1.54, 1.807) is 6.07 Å². The van der Waals surface area contributed by atoms with Crippen molar-refractivity contribution in [3.8, 4) is 5.75 Å². The first-order valence-electron chi connectivity index (χ1n) is 5.45. The molecule has 0 saturated heterocycles. The molecule has 0 spiro atoms. The Bertz CT molecular complexity index is 353. The monoisotopic (exact) mass is 241 g/mol. The van der Waals surface area contributed by atoms with Crippen LogP contribution in [0, 0.1) is 0 Å². The summed E-state index contributed by atoms with van der Waals surface area (Å²) >= 11 is 0. The van der Waals surface area contributed by atoms with Crippen molar-refractivity contribution in [2.24, 2.45) is 0 Å². The minimum atomic E-state index is -0.739. The SMILES string of the molecule is CC(C)S(=O)CCCOc1cccc(N)c1. The van der Waals surface area contributed by atoms with Gasteiger partial charge >= 0.3 is 0 Å². The molecule has 1 unspecified atom stereocenters. The van der Waals surface area contributed by atoms with E-state index in [9.17, 15) is 4.21 Å². The quantitative estimate of drug-likeness (QED) is 0.613. The van der Waals surface area contributed by atoms with Crippen LogP contribution in [0.5, 0.6) is 5.75 Å². The molecule has 2 N–H and O–H groups in total. The van der Waals surface area contributed by atoms with Gasteiger partial charge in [-0.05, 0) is 18.6 Å². The lowest BCUT2D eigenvalue weighted by Crippen LogP contribution is -2.12. The van der Waals surface area contributed by atoms with Crippen molar-refractivity contribution in [1.29, 1.82) is 0 Å². The van der Waals surface area contributed by atoms with E-state index in [0.29, 0.717) is 18.0 Å². The van der Waals surface area contributed by atoms with Gasteiger partial charge in [-0.3, -0.25) is 4.21 Å². The Hall–Kier alpha value is -1.03. The van der Waals surface area contributed by atoms with E-state index in [0.717, 1.165) is 12.2 Å². The van der Waals surface area contributed by atoms with Crippen LogP contribution in [0.3, 0.4) is 0 Å². The number of benzene rings is 1. The summed E-state index contributed by atoms with van der Waals surface area (Å²) in [7, 11) is -0.739. The van der Waals surface area contributed by atoms with Crippen molar-refractivity contribution < 1.29 is 8.95 Å². The predicted molar refractivity (Wildman–Crippen MR) is 69.1 cm³/mol. The van der Waals surface area contributed by atoms with Crippen molar-refractivity contribution in [2.45, 2.75) is 25.5 Å². The smallest absolute Gasteiger partial charge is 0.121 e. The second-order valence-corrected chi connectivity index (χ2v) is 6.02. The van der Waals surface area contributed by atoms with Crippen LogP contribution < -0.4 is 10.5 Å². The second-order valence-electron chi connectivity index (χ2n) is 3.91. The van der Waals surface area contributed by atoms with Gasteiger partial charge in [-0.1, -0.05) is 19.9 Å². The summed E-state index contributed by atoms with van der Waals surface area (Å²) in [6.07, 6.45) is 0.805. The molecular formula is C12H19NO2S. The Morgan fingerprint density at radius 1 is 1.44 bits per heavy atom. The van der Waals surface area contributed by atoms with Crippen molar-refractivity contribution in [3.05, 3.63) is 24.3 Å². The van der Waals surface area contributed by atoms with Gasteiger partial charge in [0.15, 0.2) is 0 Å². The molecule has 0 aliphatic carbocycles. The fourth-order valence-electron chi connectivity index (χ4n) is 1.23. The fraction of sp³-hybridized carbons (Fsp3) is 0.500. The first kappa shape index (κ1) is 13.0. The maximum atomic E-state index is 11.4. The van der Waals surface area contributed by atoms with Crippen LogP contribution in [0.15, 0.2) is 24.3 Å². The van der Waals surface area contributed by atoms with Gasteiger partial charge in [-0.25, -0.2) is 0 Å². The Morgan fingerprint density at radius 3 is 2.81 bits per heavy atom. The van der Waals surface area contributed by atoms with E-state index < -0.39 is 10.8 Å². The van der Waals surface area contributed by atoms with Crippen molar-refractivity contribution >= 4 is 16.5 Å². The molecule has 0 aliphatic heterocycles. The zero-order valence-electron chi connectivity index (χ0n) is 9.81. The van der Waals surface area contributed by atoms with Crippen LogP contribution in [0.2, 0.25) is 0 Å². The van der Waals surface area contributed by atoms with Crippen molar-refractivity contribution in [1.82, 2.24) is 0 Å². The van der Waals surface area contributed by atoms with Crippen LogP contribution >= 0.6 is 0 Å². The van der Waals surface area contributed by atoms with E-state index in [-0.39, 0.29) is 5.25 Å². The van der Waals surface area contributed by atoms with Gasteiger partial charge in [-0.2, -0.15) is 0 Å². The summed E-state index contributed by atoms with van der Waals surface area (Å²) in [4.78, 5) is 0. The molecule has 0 amide bonds. The fourth-order valence-corrected chi connectivity index (χ4v) is 2.11. The lowest BCUT2D eigenvalue weighted by molar-refractivity contribution is 0.318. The highest BCUT2D eigenvalue weighted by Crippen LogP contribution is 2.14. The Balaban J connectivity index is 2.23. The Kier molecular flexibility index (Phi) is 5.32. The molecule has 0 bridgehead atoms. The molecule has 16 heavy (non-hydrogen) atoms. The third kappa shape index (κ3) is 4.66. The molecule has 0 fully saturated rings. The lowest BCUT2D eigenvalue weighted by atomic mass is 10.3. The van der Waals surface area contributed by atoms with E-state index in [1.807, 2.05) is 32.0 Å². The third-order valence-corrected chi connectivity index (χ3v) is 3.89. The predicted octanol–water partition coefficient (Wildman–Crippen LogP) is 2.19. The summed E-state index contributed by atoms with van der Waals surface area (Å²) in [6.45, 7) is 4.52. The van der Waals surface area contributed by atoms with Gasteiger partial charge in [0.05, 0.1) is 6.61 Å². The van der Waals surface area contributed by atoms with E-state index in [2.05, 4.69) is 0 Å². The van der Waals surface area contributed by atoms with Crippen LogP contribution in [0.4, 0.5) is 5.69 Å². The molecule has 1 aromatic carbocycles. The maximum Gasteiger partial charge on any atom is 0.121 e. The molecule has 0 aliphatic rings. The van der Waals surface area contributed by atoms with Gasteiger partial charge in [0, 0.05) is 33.6 Å². The number of nitrogens with two attached hydrogens (primary N) is 1. The first-order valence-corrected chi connectivity index (χ1v) is 6.83. The zero-order chi connectivity index (χ0) is 12.0. The minimum absolute atomic E-state index is 0.229. The molecule has 0 aromatic heterocycles. The highest BCUT2D eigenvalue weighted by molar-refractivity contribution is 7.85. The zero-order valence-corrected chi connectivity index (χ0v) is 10.6. The summed E-state index contributed by atoms with van der Waals surface area (Å²) in [5, 5.41) is 0.229. The van der Waals surface area contributed by atoms with Crippen molar-refractivity contribution in [3.63, 3.8) is 0 Å². The molecule has 0 heterocycles. The van der Waals surface area contributed by atoms with Crippen LogP contribution in [-0.2, 0) is 10.8 Å². The summed E-state index contributed by atoms with van der Waals surface area (Å²) < 4.78 is 16.9. The van der Waals surface area contributed by atoms with Crippen LogP contribution in [0.25, 0.3) is 0 Å². The van der Waals surface area contributed by atoms with E-state index in [4.69, 9.17) is 10.5 Å². The average molecular weight is 241 g/mol.